The molecule has 0 aliphatic rings. The molecular weight excluding hydrogens is 343 g/mol. The summed E-state index contributed by atoms with van der Waals surface area (Å²) in [7, 11) is 0. The van der Waals surface area contributed by atoms with E-state index in [0.29, 0.717) is 6.42 Å². The highest BCUT2D eigenvalue weighted by Gasteiger charge is 2.06. The first-order chi connectivity index (χ1) is 6.15. The Morgan fingerprint density at radius 3 is 2.85 bits per heavy atom. The van der Waals surface area contributed by atoms with Gasteiger partial charge in [0, 0.05) is 14.1 Å². The molecule has 0 unspecified atom stereocenters. The quantitative estimate of drug-likeness (QED) is 0.833. The van der Waals surface area contributed by atoms with Crippen LogP contribution in [0.1, 0.15) is 18.0 Å². The molecule has 2 nitrogen and oxygen atoms in total. The third-order valence-electron chi connectivity index (χ3n) is 1.68. The summed E-state index contributed by atoms with van der Waals surface area (Å²) in [6.07, 6.45) is 0.359. The van der Waals surface area contributed by atoms with Gasteiger partial charge in [-0.1, -0.05) is 6.07 Å². The molecule has 0 radical (unpaired) electrons. The number of halogens is 2. The average Bonchev–Trinajstić information content (AvgIpc) is 2.10. The summed E-state index contributed by atoms with van der Waals surface area (Å²) < 4.78 is 2.17. The van der Waals surface area contributed by atoms with Gasteiger partial charge in [-0.2, -0.15) is 5.26 Å². The summed E-state index contributed by atoms with van der Waals surface area (Å²) in [5.74, 6) is 0. The van der Waals surface area contributed by atoms with Crippen LogP contribution in [0.4, 0.5) is 0 Å². The summed E-state index contributed by atoms with van der Waals surface area (Å²) >= 11 is 5.63. The van der Waals surface area contributed by atoms with E-state index in [0.717, 1.165) is 13.6 Å². The van der Waals surface area contributed by atoms with E-state index in [4.69, 9.17) is 11.0 Å². The van der Waals surface area contributed by atoms with Crippen molar-refractivity contribution in [2.75, 3.05) is 0 Å². The molecule has 13 heavy (non-hydrogen) atoms. The number of nitrogens with two attached hydrogens (primary N) is 1. The number of benzene rings is 1. The minimum Gasteiger partial charge on any atom is -0.323 e. The van der Waals surface area contributed by atoms with Gasteiger partial charge in [0.05, 0.1) is 12.5 Å². The standard InChI is InChI=1S/C9H8BrIN2/c10-7-2-1-6(5-8(7)11)9(13)3-4-12/h1-2,5,9H,3,13H2/t9-/m1/s1. The fourth-order valence-electron chi connectivity index (χ4n) is 0.959. The van der Waals surface area contributed by atoms with Crippen LogP contribution in [0.5, 0.6) is 0 Å². The molecule has 4 heteroatoms. The van der Waals surface area contributed by atoms with E-state index in [1.165, 1.54) is 0 Å². The Labute approximate surface area is 99.4 Å². The summed E-state index contributed by atoms with van der Waals surface area (Å²) in [6.45, 7) is 0. The summed E-state index contributed by atoms with van der Waals surface area (Å²) in [5, 5.41) is 8.48. The van der Waals surface area contributed by atoms with E-state index in [-0.39, 0.29) is 6.04 Å². The highest BCUT2D eigenvalue weighted by molar-refractivity contribution is 14.1. The van der Waals surface area contributed by atoms with Crippen LogP contribution in [0.3, 0.4) is 0 Å². The van der Waals surface area contributed by atoms with Crippen molar-refractivity contribution >= 4 is 38.5 Å². The molecule has 2 N–H and O–H groups in total. The maximum atomic E-state index is 8.48. The Bertz CT molecular complexity index is 346. The molecule has 1 rings (SSSR count). The molecule has 1 aromatic carbocycles. The molecule has 1 atom stereocenters. The van der Waals surface area contributed by atoms with E-state index in [1.807, 2.05) is 18.2 Å². The van der Waals surface area contributed by atoms with Gasteiger partial charge in [-0.3, -0.25) is 0 Å². The molecule has 0 saturated heterocycles. The van der Waals surface area contributed by atoms with Crippen LogP contribution in [0.2, 0.25) is 0 Å². The van der Waals surface area contributed by atoms with Crippen LogP contribution in [-0.2, 0) is 0 Å². The molecular formula is C9H8BrIN2. The van der Waals surface area contributed by atoms with Crippen LogP contribution >= 0.6 is 38.5 Å². The molecule has 1 aromatic rings. The van der Waals surface area contributed by atoms with Crippen LogP contribution in [0, 0.1) is 14.9 Å². The molecule has 0 spiro atoms. The predicted molar refractivity (Wildman–Crippen MR) is 64.0 cm³/mol. The fourth-order valence-corrected chi connectivity index (χ4v) is 1.75. The van der Waals surface area contributed by atoms with E-state index in [2.05, 4.69) is 44.6 Å². The van der Waals surface area contributed by atoms with E-state index < -0.39 is 0 Å². The smallest absolute Gasteiger partial charge is 0.0641 e. The topological polar surface area (TPSA) is 49.8 Å². The van der Waals surface area contributed by atoms with Crippen LogP contribution in [0.15, 0.2) is 22.7 Å². The summed E-state index contributed by atoms with van der Waals surface area (Å²) in [6, 6.07) is 7.77. The number of rotatable bonds is 2. The van der Waals surface area contributed by atoms with Gasteiger partial charge in [-0.25, -0.2) is 0 Å². The number of nitrogens with zero attached hydrogens (tertiary/aromatic N) is 1. The molecule has 0 bridgehead atoms. The highest BCUT2D eigenvalue weighted by atomic mass is 127. The lowest BCUT2D eigenvalue weighted by Gasteiger charge is -2.08. The van der Waals surface area contributed by atoms with Gasteiger partial charge in [-0.15, -0.1) is 0 Å². The molecule has 68 valence electrons. The normalized spacial score (nSPS) is 12.2. The highest BCUT2D eigenvalue weighted by Crippen LogP contribution is 2.23. The van der Waals surface area contributed by atoms with Crippen molar-refractivity contribution in [3.63, 3.8) is 0 Å². The first-order valence-electron chi connectivity index (χ1n) is 3.72. The Morgan fingerprint density at radius 1 is 1.62 bits per heavy atom. The third-order valence-corrected chi connectivity index (χ3v) is 4.01. The maximum absolute atomic E-state index is 8.48. The zero-order valence-electron chi connectivity index (χ0n) is 6.80. The zero-order valence-corrected chi connectivity index (χ0v) is 10.5. The zero-order chi connectivity index (χ0) is 9.84. The van der Waals surface area contributed by atoms with Gasteiger partial charge >= 0.3 is 0 Å². The molecule has 0 aromatic heterocycles. The lowest BCUT2D eigenvalue weighted by molar-refractivity contribution is 0.747. The molecule has 0 saturated carbocycles. The van der Waals surface area contributed by atoms with Gasteiger partial charge in [0.15, 0.2) is 0 Å². The van der Waals surface area contributed by atoms with Crippen molar-refractivity contribution in [3.8, 4) is 6.07 Å². The van der Waals surface area contributed by atoms with Gasteiger partial charge in [0.1, 0.15) is 0 Å². The second-order valence-electron chi connectivity index (χ2n) is 2.64. The second-order valence-corrected chi connectivity index (χ2v) is 4.66. The Hall–Kier alpha value is -0.120. The van der Waals surface area contributed by atoms with E-state index >= 15 is 0 Å². The SMILES string of the molecule is N#CC[C@@H](N)c1ccc(Br)c(I)c1. The Morgan fingerprint density at radius 2 is 2.31 bits per heavy atom. The lowest BCUT2D eigenvalue weighted by atomic mass is 10.1. The van der Waals surface area contributed by atoms with E-state index in [1.54, 1.807) is 0 Å². The number of hydrogen-bond acceptors (Lipinski definition) is 2. The Kier molecular flexibility index (Phi) is 4.16. The minimum atomic E-state index is -0.174. The second kappa shape index (κ2) is 4.94. The van der Waals surface area contributed by atoms with E-state index in [9.17, 15) is 0 Å². The van der Waals surface area contributed by atoms with Gasteiger partial charge in [0.2, 0.25) is 0 Å². The summed E-state index contributed by atoms with van der Waals surface area (Å²) in [4.78, 5) is 0. The Balaban J connectivity index is 2.91. The van der Waals surface area contributed by atoms with Crippen LogP contribution in [-0.4, -0.2) is 0 Å². The van der Waals surface area contributed by atoms with Crippen molar-refractivity contribution in [1.82, 2.24) is 0 Å². The average molecular weight is 351 g/mol. The van der Waals surface area contributed by atoms with Gasteiger partial charge in [0.25, 0.3) is 0 Å². The molecule has 0 fully saturated rings. The largest absolute Gasteiger partial charge is 0.323 e. The van der Waals surface area contributed by atoms with Crippen LogP contribution < -0.4 is 5.73 Å². The number of nitriles is 1. The molecule has 0 aliphatic carbocycles. The summed E-state index contributed by atoms with van der Waals surface area (Å²) in [5.41, 5.74) is 6.79. The first-order valence-corrected chi connectivity index (χ1v) is 5.60. The van der Waals surface area contributed by atoms with Gasteiger partial charge in [-0.05, 0) is 56.2 Å². The number of hydrogen-bond donors (Lipinski definition) is 1. The van der Waals surface area contributed by atoms with Crippen molar-refractivity contribution < 1.29 is 0 Å². The molecule has 0 aliphatic heterocycles. The van der Waals surface area contributed by atoms with Gasteiger partial charge < -0.3 is 5.73 Å². The third kappa shape index (κ3) is 2.93. The maximum Gasteiger partial charge on any atom is 0.0641 e. The molecule has 0 heterocycles. The van der Waals surface area contributed by atoms with Crippen molar-refractivity contribution in [2.45, 2.75) is 12.5 Å². The minimum absolute atomic E-state index is 0.174. The van der Waals surface area contributed by atoms with Crippen LogP contribution in [0.25, 0.3) is 0 Å². The van der Waals surface area contributed by atoms with Crippen molar-refractivity contribution in [2.24, 2.45) is 5.73 Å². The lowest BCUT2D eigenvalue weighted by Crippen LogP contribution is -2.09. The predicted octanol–water partition coefficient (Wildman–Crippen LogP) is 2.97. The van der Waals surface area contributed by atoms with Crippen molar-refractivity contribution in [3.05, 3.63) is 31.8 Å². The monoisotopic (exact) mass is 350 g/mol. The first kappa shape index (κ1) is 11.0. The molecule has 0 amide bonds. The fraction of sp³-hybridized carbons (Fsp3) is 0.222. The van der Waals surface area contributed by atoms with Crippen molar-refractivity contribution in [1.29, 1.82) is 5.26 Å².